The van der Waals surface area contributed by atoms with Gasteiger partial charge in [0.05, 0.1) is 35.1 Å². The van der Waals surface area contributed by atoms with Crippen molar-refractivity contribution in [2.45, 2.75) is 63.8 Å². The van der Waals surface area contributed by atoms with Gasteiger partial charge in [-0.25, -0.2) is 13.6 Å². The Bertz CT molecular complexity index is 1610. The predicted molar refractivity (Wildman–Crippen MR) is 162 cm³/mol. The summed E-state index contributed by atoms with van der Waals surface area (Å²) in [6.07, 6.45) is -0.235. The van der Waals surface area contributed by atoms with Crippen molar-refractivity contribution in [1.82, 2.24) is 4.90 Å². The number of carbonyl (C=O) groups excluding carboxylic acids is 1. The zero-order chi connectivity index (χ0) is 31.6. The number of aromatic carboxylic acids is 1. The van der Waals surface area contributed by atoms with E-state index >= 15 is 8.78 Å². The van der Waals surface area contributed by atoms with Crippen molar-refractivity contribution in [2.75, 3.05) is 12.0 Å². The molecule has 3 aromatic carbocycles. The molecule has 43 heavy (non-hydrogen) atoms. The fourth-order valence-electron chi connectivity index (χ4n) is 6.86. The van der Waals surface area contributed by atoms with Crippen LogP contribution in [0.4, 0.5) is 14.5 Å². The van der Waals surface area contributed by atoms with Crippen LogP contribution in [-0.2, 0) is 10.3 Å². The molecule has 3 aromatic rings. The summed E-state index contributed by atoms with van der Waals surface area (Å²) in [5.41, 5.74) is 5.99. The molecule has 2 heterocycles. The number of nitrogens with zero attached hydrogens (tertiary/aromatic N) is 2. The molecule has 0 aliphatic carbocycles. The van der Waals surface area contributed by atoms with E-state index in [-0.39, 0.29) is 37.9 Å². The van der Waals surface area contributed by atoms with Crippen LogP contribution in [0.25, 0.3) is 0 Å². The number of methoxy groups -OCH3 is 1. The molecule has 0 unspecified atom stereocenters. The number of carboxylic acids is 1. The lowest BCUT2D eigenvalue weighted by Gasteiger charge is -2.43. The molecule has 7 nitrogen and oxygen atoms in total. The lowest BCUT2D eigenvalue weighted by atomic mass is 9.68. The Morgan fingerprint density at radius 3 is 2.42 bits per heavy atom. The summed E-state index contributed by atoms with van der Waals surface area (Å²) in [6.45, 7) is 7.86. The summed E-state index contributed by atoms with van der Waals surface area (Å²) in [5.74, 6) is -3.85. The van der Waals surface area contributed by atoms with Crippen molar-refractivity contribution < 1.29 is 28.2 Å². The van der Waals surface area contributed by atoms with Gasteiger partial charge >= 0.3 is 5.97 Å². The number of halogens is 4. The topological polar surface area (TPSA) is 96.1 Å². The van der Waals surface area contributed by atoms with E-state index < -0.39 is 53.2 Å². The summed E-state index contributed by atoms with van der Waals surface area (Å²) in [5, 5.41) is 9.54. The molecule has 5 rings (SSSR count). The minimum atomic E-state index is -1.59. The molecule has 3 N–H and O–H groups in total. The summed E-state index contributed by atoms with van der Waals surface area (Å²) in [6, 6.07) is 11.3. The molecular formula is C32H33Cl2F2N3O4. The number of carboxylic acid groups (broad SMARTS) is 1. The fraction of sp³-hybridized carbons (Fsp3) is 0.375. The maximum Gasteiger partial charge on any atom is 0.335 e. The van der Waals surface area contributed by atoms with Crippen LogP contribution < -0.4 is 15.4 Å². The van der Waals surface area contributed by atoms with Crippen LogP contribution >= 0.6 is 23.2 Å². The zero-order valence-electron chi connectivity index (χ0n) is 24.4. The average Bonchev–Trinajstić information content (AvgIpc) is 3.32. The number of anilines is 1. The number of benzene rings is 3. The highest BCUT2D eigenvalue weighted by molar-refractivity contribution is 6.31. The summed E-state index contributed by atoms with van der Waals surface area (Å²) < 4.78 is 37.4. The number of rotatable bonds is 6. The van der Waals surface area contributed by atoms with Crippen molar-refractivity contribution >= 4 is 40.8 Å². The second kappa shape index (κ2) is 11.0. The van der Waals surface area contributed by atoms with Gasteiger partial charge in [0.15, 0.2) is 0 Å². The number of hydrogen-bond donors (Lipinski definition) is 2. The van der Waals surface area contributed by atoms with Crippen molar-refractivity contribution in [2.24, 2.45) is 11.1 Å². The highest BCUT2D eigenvalue weighted by atomic mass is 35.5. The summed E-state index contributed by atoms with van der Waals surface area (Å²) in [7, 11) is 1.39. The highest BCUT2D eigenvalue weighted by Gasteiger charge is 2.67. The summed E-state index contributed by atoms with van der Waals surface area (Å²) in [4.78, 5) is 29.7. The molecular weight excluding hydrogens is 599 g/mol. The van der Waals surface area contributed by atoms with Crippen LogP contribution in [0.15, 0.2) is 54.6 Å². The monoisotopic (exact) mass is 631 g/mol. The maximum absolute atomic E-state index is 16.0. The molecule has 0 saturated carbocycles. The SMILES string of the molecule is COc1cc(C(=O)O)ccc1N1C(=O)[C@H]2[C@H](c3cccc(Cl)c3F)[C@@](N)(c3ccc(Cl)cc3F)[C@H](CC(C)(C)C)N2[C@@H]1C. The molecule has 11 heteroatoms. The Morgan fingerprint density at radius 2 is 1.81 bits per heavy atom. The lowest BCUT2D eigenvalue weighted by molar-refractivity contribution is -0.119. The second-order valence-corrected chi connectivity index (χ2v) is 13.2. The van der Waals surface area contributed by atoms with Gasteiger partial charge in [0.25, 0.3) is 0 Å². The third-order valence-electron chi connectivity index (χ3n) is 8.56. The Kier molecular flexibility index (Phi) is 8.01. The largest absolute Gasteiger partial charge is 0.495 e. The molecule has 5 atom stereocenters. The molecule has 0 radical (unpaired) electrons. The van der Waals surface area contributed by atoms with Gasteiger partial charge in [0.1, 0.15) is 23.4 Å². The first-order chi connectivity index (χ1) is 20.1. The van der Waals surface area contributed by atoms with E-state index in [1.165, 1.54) is 60.5 Å². The van der Waals surface area contributed by atoms with E-state index in [1.54, 1.807) is 6.07 Å². The zero-order valence-corrected chi connectivity index (χ0v) is 25.9. The second-order valence-electron chi connectivity index (χ2n) is 12.4. The van der Waals surface area contributed by atoms with Crippen molar-refractivity contribution in [3.05, 3.63) is 93.0 Å². The molecule has 2 aliphatic heterocycles. The fourth-order valence-corrected chi connectivity index (χ4v) is 7.20. The van der Waals surface area contributed by atoms with Gasteiger partial charge in [-0.1, -0.05) is 62.2 Å². The number of carbonyl (C=O) groups is 2. The number of nitrogens with two attached hydrogens (primary N) is 1. The minimum absolute atomic E-state index is 0.0101. The molecule has 228 valence electrons. The quantitative estimate of drug-likeness (QED) is 0.311. The van der Waals surface area contributed by atoms with Crippen LogP contribution in [0.5, 0.6) is 5.75 Å². The Hall–Kier alpha value is -3.24. The number of fused-ring (bicyclic) bond motifs is 1. The molecule has 2 aliphatic rings. The van der Waals surface area contributed by atoms with Crippen LogP contribution in [-0.4, -0.2) is 47.2 Å². The van der Waals surface area contributed by atoms with Gasteiger partial charge in [-0.3, -0.25) is 14.6 Å². The number of hydrogen-bond acceptors (Lipinski definition) is 5. The van der Waals surface area contributed by atoms with E-state index in [9.17, 15) is 14.7 Å². The van der Waals surface area contributed by atoms with Gasteiger partial charge in [0, 0.05) is 22.5 Å². The third kappa shape index (κ3) is 5.06. The van der Waals surface area contributed by atoms with E-state index in [4.69, 9.17) is 33.7 Å². The Labute approximate surface area is 259 Å². The van der Waals surface area contributed by atoms with Crippen molar-refractivity contribution in [3.63, 3.8) is 0 Å². The Morgan fingerprint density at radius 1 is 1.12 bits per heavy atom. The smallest absolute Gasteiger partial charge is 0.335 e. The average molecular weight is 633 g/mol. The van der Waals surface area contributed by atoms with E-state index in [1.807, 2.05) is 32.6 Å². The Balaban J connectivity index is 1.79. The maximum atomic E-state index is 16.0. The minimum Gasteiger partial charge on any atom is -0.495 e. The molecule has 1 amide bonds. The molecule has 0 spiro atoms. The third-order valence-corrected chi connectivity index (χ3v) is 9.09. The first kappa shape index (κ1) is 31.2. The lowest BCUT2D eigenvalue weighted by Crippen LogP contribution is -2.56. The van der Waals surface area contributed by atoms with Gasteiger partial charge in [-0.15, -0.1) is 0 Å². The molecule has 0 aromatic heterocycles. The molecule has 0 bridgehead atoms. The van der Waals surface area contributed by atoms with Crippen LogP contribution in [0, 0.1) is 17.0 Å². The van der Waals surface area contributed by atoms with Gasteiger partial charge in [-0.05, 0) is 60.7 Å². The highest BCUT2D eigenvalue weighted by Crippen LogP contribution is 2.57. The van der Waals surface area contributed by atoms with Gasteiger partial charge in [-0.2, -0.15) is 0 Å². The van der Waals surface area contributed by atoms with Gasteiger partial charge in [0.2, 0.25) is 5.91 Å². The molecule has 2 fully saturated rings. The first-order valence-electron chi connectivity index (χ1n) is 13.8. The number of amides is 1. The molecule has 2 saturated heterocycles. The van der Waals surface area contributed by atoms with Crippen LogP contribution in [0.3, 0.4) is 0 Å². The van der Waals surface area contributed by atoms with E-state index in [0.29, 0.717) is 12.1 Å². The van der Waals surface area contributed by atoms with E-state index in [2.05, 4.69) is 0 Å². The van der Waals surface area contributed by atoms with Crippen LogP contribution in [0.2, 0.25) is 10.0 Å². The van der Waals surface area contributed by atoms with Crippen molar-refractivity contribution in [1.29, 1.82) is 0 Å². The summed E-state index contributed by atoms with van der Waals surface area (Å²) >= 11 is 12.4. The van der Waals surface area contributed by atoms with Crippen molar-refractivity contribution in [3.8, 4) is 5.75 Å². The van der Waals surface area contributed by atoms with E-state index in [0.717, 1.165) is 0 Å². The first-order valence-corrected chi connectivity index (χ1v) is 14.6. The number of ether oxygens (including phenoxy) is 1. The van der Waals surface area contributed by atoms with Crippen LogP contribution in [0.1, 0.15) is 61.5 Å². The van der Waals surface area contributed by atoms with Gasteiger partial charge < -0.3 is 15.6 Å². The standard InChI is InChI=1S/C32H33Cl2F2N3O4/c1-16-38(23-12-9-17(30(41)42)13-24(23)43-5)29(40)28-26(19-7-6-8-21(34)27(19)36)32(37,20-11-10-18(33)14-22(20)35)25(39(16)28)15-31(2,3)4/h6-14,16,25-26,28H,15,37H2,1-5H3,(H,41,42)/t16-,25+,26+,28-,32-/m1/s1. The normalized spacial score (nSPS) is 25.7. The predicted octanol–water partition coefficient (Wildman–Crippen LogP) is 6.80.